The quantitative estimate of drug-likeness (QED) is 0.740. The summed E-state index contributed by atoms with van der Waals surface area (Å²) in [6, 6.07) is 11.7. The van der Waals surface area contributed by atoms with Gasteiger partial charge in [-0.25, -0.2) is 4.68 Å². The first-order valence-electron chi connectivity index (χ1n) is 8.77. The van der Waals surface area contributed by atoms with Crippen molar-refractivity contribution in [2.45, 2.75) is 27.2 Å². The second-order valence-electron chi connectivity index (χ2n) is 6.71. The van der Waals surface area contributed by atoms with Gasteiger partial charge in [0.1, 0.15) is 5.69 Å². The third kappa shape index (κ3) is 3.96. The summed E-state index contributed by atoms with van der Waals surface area (Å²) in [7, 11) is 0. The summed E-state index contributed by atoms with van der Waals surface area (Å²) in [5.74, 6) is 0.305. The van der Waals surface area contributed by atoms with E-state index < -0.39 is 0 Å². The number of aryl methyl sites for hydroxylation is 1. The Bertz CT molecular complexity index is 869. The lowest BCUT2D eigenvalue weighted by atomic mass is 10.1. The van der Waals surface area contributed by atoms with Crippen molar-refractivity contribution in [1.29, 1.82) is 0 Å². The SMILES string of the molecule is Cc1ccc(-n2nnc(C(=O)NCCC(C)C)c2-c2cccnc2)cc1. The third-order valence-corrected chi connectivity index (χ3v) is 4.11. The average molecular weight is 349 g/mol. The Morgan fingerprint density at radius 2 is 1.96 bits per heavy atom. The minimum Gasteiger partial charge on any atom is -0.351 e. The molecule has 3 rings (SSSR count). The van der Waals surface area contributed by atoms with Gasteiger partial charge in [-0.3, -0.25) is 9.78 Å². The minimum atomic E-state index is -0.220. The van der Waals surface area contributed by atoms with Gasteiger partial charge in [-0.1, -0.05) is 36.8 Å². The highest BCUT2D eigenvalue weighted by Crippen LogP contribution is 2.24. The molecular weight excluding hydrogens is 326 g/mol. The Kier molecular flexibility index (Phi) is 5.41. The number of hydrogen-bond acceptors (Lipinski definition) is 4. The fourth-order valence-electron chi connectivity index (χ4n) is 2.62. The number of carbonyl (C=O) groups is 1. The van der Waals surface area contributed by atoms with E-state index in [0.29, 0.717) is 23.9 Å². The Morgan fingerprint density at radius 1 is 1.19 bits per heavy atom. The standard InChI is InChI=1S/C20H23N5O/c1-14(2)10-12-22-20(26)18-19(16-5-4-11-21-13-16)25(24-23-18)17-8-6-15(3)7-9-17/h4-9,11,13-14H,10,12H2,1-3H3,(H,22,26). The second kappa shape index (κ2) is 7.91. The molecule has 1 amide bonds. The lowest BCUT2D eigenvalue weighted by Crippen LogP contribution is -2.26. The van der Waals surface area contributed by atoms with Gasteiger partial charge < -0.3 is 5.32 Å². The predicted octanol–water partition coefficient (Wildman–Crippen LogP) is 3.41. The van der Waals surface area contributed by atoms with Crippen LogP contribution in [0.1, 0.15) is 36.3 Å². The Balaban J connectivity index is 2.00. The highest BCUT2D eigenvalue weighted by atomic mass is 16.2. The molecule has 134 valence electrons. The number of nitrogens with zero attached hydrogens (tertiary/aromatic N) is 4. The zero-order valence-corrected chi connectivity index (χ0v) is 15.3. The minimum absolute atomic E-state index is 0.220. The van der Waals surface area contributed by atoms with E-state index in [0.717, 1.165) is 23.2 Å². The molecule has 0 atom stereocenters. The van der Waals surface area contributed by atoms with Crippen LogP contribution in [0.5, 0.6) is 0 Å². The molecule has 0 aliphatic rings. The van der Waals surface area contributed by atoms with E-state index in [1.165, 1.54) is 0 Å². The van der Waals surface area contributed by atoms with Crippen LogP contribution in [0.2, 0.25) is 0 Å². The maximum absolute atomic E-state index is 12.7. The number of hydrogen-bond donors (Lipinski definition) is 1. The van der Waals surface area contributed by atoms with Crippen molar-refractivity contribution in [2.75, 3.05) is 6.54 Å². The van der Waals surface area contributed by atoms with Gasteiger partial charge in [-0.2, -0.15) is 0 Å². The van der Waals surface area contributed by atoms with Crippen molar-refractivity contribution < 1.29 is 4.79 Å². The molecular formula is C20H23N5O. The molecule has 1 N–H and O–H groups in total. The molecule has 6 nitrogen and oxygen atoms in total. The van der Waals surface area contributed by atoms with Crippen molar-refractivity contribution >= 4 is 5.91 Å². The monoisotopic (exact) mass is 349 g/mol. The van der Waals surface area contributed by atoms with Gasteiger partial charge in [0.25, 0.3) is 5.91 Å². The van der Waals surface area contributed by atoms with Gasteiger partial charge in [-0.05, 0) is 43.5 Å². The summed E-state index contributed by atoms with van der Waals surface area (Å²) in [6.07, 6.45) is 4.33. The summed E-state index contributed by atoms with van der Waals surface area (Å²) < 4.78 is 1.69. The molecule has 1 aromatic carbocycles. The maximum atomic E-state index is 12.7. The van der Waals surface area contributed by atoms with E-state index in [1.807, 2.05) is 43.3 Å². The Hall–Kier alpha value is -3.02. The summed E-state index contributed by atoms with van der Waals surface area (Å²) >= 11 is 0. The molecule has 0 saturated carbocycles. The molecule has 0 bridgehead atoms. The molecule has 26 heavy (non-hydrogen) atoms. The molecule has 0 unspecified atom stereocenters. The topological polar surface area (TPSA) is 72.7 Å². The zero-order chi connectivity index (χ0) is 18.5. The van der Waals surface area contributed by atoms with E-state index in [9.17, 15) is 4.79 Å². The summed E-state index contributed by atoms with van der Waals surface area (Å²) in [6.45, 7) is 6.89. The van der Waals surface area contributed by atoms with Crippen LogP contribution in [0.4, 0.5) is 0 Å². The smallest absolute Gasteiger partial charge is 0.274 e. The predicted molar refractivity (Wildman–Crippen MR) is 101 cm³/mol. The van der Waals surface area contributed by atoms with Crippen molar-refractivity contribution in [2.24, 2.45) is 5.92 Å². The van der Waals surface area contributed by atoms with E-state index in [-0.39, 0.29) is 5.91 Å². The lowest BCUT2D eigenvalue weighted by molar-refractivity contribution is 0.0947. The average Bonchev–Trinajstić information content (AvgIpc) is 3.08. The van der Waals surface area contributed by atoms with Crippen LogP contribution in [-0.2, 0) is 0 Å². The van der Waals surface area contributed by atoms with Gasteiger partial charge in [0.2, 0.25) is 0 Å². The van der Waals surface area contributed by atoms with E-state index in [4.69, 9.17) is 0 Å². The van der Waals surface area contributed by atoms with Crippen molar-refractivity contribution in [3.05, 3.63) is 60.0 Å². The van der Waals surface area contributed by atoms with Crippen LogP contribution in [0.25, 0.3) is 16.9 Å². The molecule has 0 aliphatic carbocycles. The molecule has 3 aromatic rings. The number of aromatic nitrogens is 4. The second-order valence-corrected chi connectivity index (χ2v) is 6.71. The molecule has 2 heterocycles. The molecule has 0 spiro atoms. The number of benzene rings is 1. The van der Waals surface area contributed by atoms with E-state index in [1.54, 1.807) is 17.1 Å². The normalized spacial score (nSPS) is 10.9. The van der Waals surface area contributed by atoms with E-state index in [2.05, 4.69) is 34.5 Å². The number of amides is 1. The first-order chi connectivity index (χ1) is 12.6. The number of carbonyl (C=O) groups excluding carboxylic acids is 1. The molecule has 0 saturated heterocycles. The van der Waals surface area contributed by atoms with Crippen LogP contribution in [0, 0.1) is 12.8 Å². The molecule has 6 heteroatoms. The third-order valence-electron chi connectivity index (χ3n) is 4.11. The first kappa shape index (κ1) is 17.8. The highest BCUT2D eigenvalue weighted by molar-refractivity contribution is 5.98. The van der Waals surface area contributed by atoms with E-state index >= 15 is 0 Å². The summed E-state index contributed by atoms with van der Waals surface area (Å²) in [5.41, 5.74) is 3.75. The van der Waals surface area contributed by atoms with Crippen LogP contribution < -0.4 is 5.32 Å². The highest BCUT2D eigenvalue weighted by Gasteiger charge is 2.22. The van der Waals surface area contributed by atoms with Crippen molar-refractivity contribution in [3.63, 3.8) is 0 Å². The van der Waals surface area contributed by atoms with Gasteiger partial charge in [0.05, 0.1) is 5.69 Å². The molecule has 2 aromatic heterocycles. The summed E-state index contributed by atoms with van der Waals surface area (Å²) in [5, 5.41) is 11.3. The largest absolute Gasteiger partial charge is 0.351 e. The Morgan fingerprint density at radius 3 is 2.62 bits per heavy atom. The molecule has 0 fully saturated rings. The maximum Gasteiger partial charge on any atom is 0.274 e. The van der Waals surface area contributed by atoms with Crippen LogP contribution in [0.15, 0.2) is 48.8 Å². The van der Waals surface area contributed by atoms with Crippen molar-refractivity contribution in [3.8, 4) is 16.9 Å². The van der Waals surface area contributed by atoms with Crippen molar-refractivity contribution in [1.82, 2.24) is 25.3 Å². The Labute approximate surface area is 153 Å². The molecule has 0 aliphatic heterocycles. The zero-order valence-electron chi connectivity index (χ0n) is 15.3. The van der Waals surface area contributed by atoms with Crippen LogP contribution in [0.3, 0.4) is 0 Å². The lowest BCUT2D eigenvalue weighted by Gasteiger charge is -2.09. The fraction of sp³-hybridized carbons (Fsp3) is 0.300. The summed E-state index contributed by atoms with van der Waals surface area (Å²) in [4.78, 5) is 16.8. The van der Waals surface area contributed by atoms with Crippen LogP contribution in [-0.4, -0.2) is 32.4 Å². The van der Waals surface area contributed by atoms with Crippen LogP contribution >= 0.6 is 0 Å². The van der Waals surface area contributed by atoms with Gasteiger partial charge in [-0.15, -0.1) is 5.10 Å². The number of nitrogens with one attached hydrogen (secondary N) is 1. The first-order valence-corrected chi connectivity index (χ1v) is 8.77. The number of pyridine rings is 1. The van der Waals surface area contributed by atoms with Gasteiger partial charge in [0.15, 0.2) is 5.69 Å². The fourth-order valence-corrected chi connectivity index (χ4v) is 2.62. The number of rotatable bonds is 6. The van der Waals surface area contributed by atoms with Gasteiger partial charge in [0, 0.05) is 24.5 Å². The molecule has 0 radical (unpaired) electrons. The van der Waals surface area contributed by atoms with Gasteiger partial charge >= 0.3 is 0 Å².